The monoisotopic (exact) mass is 491 g/mol. The summed E-state index contributed by atoms with van der Waals surface area (Å²) in [6.07, 6.45) is 2.57. The molecular weight excluding hydrogens is 470 g/mol. The number of methoxy groups -OCH3 is 1. The van der Waals surface area contributed by atoms with E-state index in [1.165, 1.54) is 4.90 Å². The van der Waals surface area contributed by atoms with Crippen LogP contribution in [0, 0.1) is 0 Å². The number of hydrogen-bond donors (Lipinski definition) is 0. The summed E-state index contributed by atoms with van der Waals surface area (Å²) < 4.78 is 17.6. The summed E-state index contributed by atoms with van der Waals surface area (Å²) in [4.78, 5) is 26.7. The highest BCUT2D eigenvalue weighted by Crippen LogP contribution is 2.35. The number of benzene rings is 2. The second-order valence-corrected chi connectivity index (χ2v) is 8.27. The second-order valence-electron chi connectivity index (χ2n) is 6.36. The largest absolute Gasteiger partial charge is 0.493 e. The maximum absolute atomic E-state index is 12.8. The van der Waals surface area contributed by atoms with Gasteiger partial charge in [-0.05, 0) is 54.6 Å². The Bertz CT molecular complexity index is 962. The first-order valence-electron chi connectivity index (χ1n) is 9.47. The zero-order chi connectivity index (χ0) is 21.5. The van der Waals surface area contributed by atoms with Crippen molar-refractivity contribution in [3.8, 4) is 17.2 Å². The molecule has 2 aromatic rings. The molecule has 3 rings (SSSR count). The molecule has 1 heterocycles. The van der Waals surface area contributed by atoms with Crippen LogP contribution >= 0.6 is 27.7 Å². The van der Waals surface area contributed by atoms with Crippen LogP contribution in [-0.4, -0.2) is 42.9 Å². The van der Waals surface area contributed by atoms with Crippen molar-refractivity contribution < 1.29 is 23.8 Å². The molecule has 0 N–H and O–H groups in total. The molecule has 0 aliphatic carbocycles. The average Bonchev–Trinajstić information content (AvgIpc) is 3.01. The molecule has 30 heavy (non-hydrogen) atoms. The van der Waals surface area contributed by atoms with Gasteiger partial charge in [0.25, 0.3) is 11.1 Å². The topological polar surface area (TPSA) is 65.1 Å². The van der Waals surface area contributed by atoms with Gasteiger partial charge in [0.2, 0.25) is 0 Å². The third-order valence-electron chi connectivity index (χ3n) is 4.24. The van der Waals surface area contributed by atoms with Gasteiger partial charge in [-0.3, -0.25) is 14.5 Å². The number of carbonyl (C=O) groups is 2. The molecule has 158 valence electrons. The van der Waals surface area contributed by atoms with Crippen LogP contribution in [0.15, 0.2) is 51.8 Å². The highest BCUT2D eigenvalue weighted by atomic mass is 79.9. The number of halogens is 1. The van der Waals surface area contributed by atoms with Gasteiger partial charge in [-0.15, -0.1) is 0 Å². The summed E-state index contributed by atoms with van der Waals surface area (Å²) >= 11 is 4.36. The fourth-order valence-electron chi connectivity index (χ4n) is 2.79. The maximum atomic E-state index is 12.8. The van der Waals surface area contributed by atoms with Crippen molar-refractivity contribution in [2.24, 2.45) is 0 Å². The number of amides is 2. The van der Waals surface area contributed by atoms with Gasteiger partial charge < -0.3 is 14.2 Å². The molecule has 6 nitrogen and oxygen atoms in total. The SMILES string of the molecule is CCCOc1ccc(Br)cc1/C=C1\SC(=O)N(CCOc2ccccc2OC)C1=O. The number of rotatable bonds is 9. The summed E-state index contributed by atoms with van der Waals surface area (Å²) in [5.41, 5.74) is 0.744. The predicted molar refractivity (Wildman–Crippen MR) is 121 cm³/mol. The molecule has 1 aliphatic rings. The number of hydrogen-bond acceptors (Lipinski definition) is 6. The smallest absolute Gasteiger partial charge is 0.293 e. The Balaban J connectivity index is 1.69. The summed E-state index contributed by atoms with van der Waals surface area (Å²) in [6.45, 7) is 2.92. The Hall–Kier alpha value is -2.45. The van der Waals surface area contributed by atoms with Gasteiger partial charge in [-0.2, -0.15) is 0 Å². The van der Waals surface area contributed by atoms with E-state index >= 15 is 0 Å². The van der Waals surface area contributed by atoms with Gasteiger partial charge in [0, 0.05) is 10.0 Å². The molecule has 2 amide bonds. The van der Waals surface area contributed by atoms with Gasteiger partial charge in [-0.25, -0.2) is 0 Å². The third kappa shape index (κ3) is 5.37. The van der Waals surface area contributed by atoms with Gasteiger partial charge >= 0.3 is 0 Å². The van der Waals surface area contributed by atoms with E-state index in [0.717, 1.165) is 28.2 Å². The normalized spacial score (nSPS) is 15.0. The van der Waals surface area contributed by atoms with E-state index in [1.807, 2.05) is 37.3 Å². The Kier molecular flexibility index (Phi) is 7.81. The number of nitrogens with zero attached hydrogens (tertiary/aromatic N) is 1. The molecule has 8 heteroatoms. The first-order chi connectivity index (χ1) is 14.5. The number of ether oxygens (including phenoxy) is 3. The number of carbonyl (C=O) groups excluding carboxylic acids is 2. The van der Waals surface area contributed by atoms with Crippen molar-refractivity contribution in [1.82, 2.24) is 4.90 Å². The van der Waals surface area contributed by atoms with Crippen LogP contribution in [-0.2, 0) is 4.79 Å². The Labute approximate surface area is 188 Å². The lowest BCUT2D eigenvalue weighted by Gasteiger charge is -2.14. The zero-order valence-electron chi connectivity index (χ0n) is 16.7. The summed E-state index contributed by atoms with van der Waals surface area (Å²) in [5.74, 6) is 1.50. The van der Waals surface area contributed by atoms with Gasteiger partial charge in [-0.1, -0.05) is 35.0 Å². The van der Waals surface area contributed by atoms with Crippen LogP contribution in [0.2, 0.25) is 0 Å². The number of imide groups is 1. The minimum absolute atomic E-state index is 0.151. The molecule has 0 radical (unpaired) electrons. The molecule has 1 saturated heterocycles. The van der Waals surface area contributed by atoms with E-state index in [-0.39, 0.29) is 24.3 Å². The Morgan fingerprint density at radius 1 is 1.03 bits per heavy atom. The Morgan fingerprint density at radius 3 is 2.50 bits per heavy atom. The first-order valence-corrected chi connectivity index (χ1v) is 11.1. The predicted octanol–water partition coefficient (Wildman–Crippen LogP) is 5.36. The number of thioether (sulfide) groups is 1. The fraction of sp³-hybridized carbons (Fsp3) is 0.273. The highest BCUT2D eigenvalue weighted by molar-refractivity contribution is 9.10. The van der Waals surface area contributed by atoms with E-state index in [0.29, 0.717) is 28.8 Å². The molecule has 1 fully saturated rings. The quantitative estimate of drug-likeness (QED) is 0.439. The lowest BCUT2D eigenvalue weighted by molar-refractivity contribution is -0.123. The molecule has 0 unspecified atom stereocenters. The van der Waals surface area contributed by atoms with Crippen LogP contribution in [0.4, 0.5) is 4.79 Å². The van der Waals surface area contributed by atoms with Crippen LogP contribution in [0.3, 0.4) is 0 Å². The average molecular weight is 492 g/mol. The summed E-state index contributed by atoms with van der Waals surface area (Å²) in [5, 5.41) is -0.319. The Morgan fingerprint density at radius 2 is 1.77 bits per heavy atom. The van der Waals surface area contributed by atoms with Crippen molar-refractivity contribution in [1.29, 1.82) is 0 Å². The first kappa shape index (κ1) is 22.2. The second kappa shape index (κ2) is 10.5. The molecule has 0 aromatic heterocycles. The van der Waals surface area contributed by atoms with Gasteiger partial charge in [0.15, 0.2) is 11.5 Å². The van der Waals surface area contributed by atoms with E-state index in [1.54, 1.807) is 25.3 Å². The van der Waals surface area contributed by atoms with Crippen molar-refractivity contribution >= 4 is 44.9 Å². The molecule has 1 aliphatic heterocycles. The number of para-hydroxylation sites is 2. The minimum atomic E-state index is -0.338. The molecule has 2 aromatic carbocycles. The summed E-state index contributed by atoms with van der Waals surface area (Å²) in [7, 11) is 1.56. The van der Waals surface area contributed by atoms with E-state index in [4.69, 9.17) is 14.2 Å². The maximum Gasteiger partial charge on any atom is 0.293 e. The standard InChI is InChI=1S/C22H22BrNO5S/c1-3-11-28-17-9-8-16(23)13-15(17)14-20-21(25)24(22(26)30-20)10-12-29-19-7-5-4-6-18(19)27-2/h4-9,13-14H,3,10-12H2,1-2H3/b20-14-. The van der Waals surface area contributed by atoms with E-state index < -0.39 is 0 Å². The van der Waals surface area contributed by atoms with Crippen molar-refractivity contribution in [2.75, 3.05) is 26.9 Å². The lowest BCUT2D eigenvalue weighted by Crippen LogP contribution is -2.32. The fourth-order valence-corrected chi connectivity index (χ4v) is 4.03. The van der Waals surface area contributed by atoms with Crippen molar-refractivity contribution in [3.63, 3.8) is 0 Å². The highest BCUT2D eigenvalue weighted by Gasteiger charge is 2.35. The van der Waals surface area contributed by atoms with Crippen molar-refractivity contribution in [2.45, 2.75) is 13.3 Å². The van der Waals surface area contributed by atoms with Crippen LogP contribution in [0.25, 0.3) is 6.08 Å². The molecule has 0 spiro atoms. The third-order valence-corrected chi connectivity index (χ3v) is 5.64. The lowest BCUT2D eigenvalue weighted by atomic mass is 10.2. The molecule has 0 saturated carbocycles. The summed E-state index contributed by atoms with van der Waals surface area (Å²) in [6, 6.07) is 12.8. The van der Waals surface area contributed by atoms with E-state index in [9.17, 15) is 9.59 Å². The zero-order valence-corrected chi connectivity index (χ0v) is 19.1. The van der Waals surface area contributed by atoms with Crippen LogP contribution < -0.4 is 14.2 Å². The molecule has 0 bridgehead atoms. The van der Waals surface area contributed by atoms with Crippen LogP contribution in [0.5, 0.6) is 17.2 Å². The van der Waals surface area contributed by atoms with Gasteiger partial charge in [0.1, 0.15) is 12.4 Å². The molecular formula is C22H22BrNO5S. The van der Waals surface area contributed by atoms with Crippen LogP contribution in [0.1, 0.15) is 18.9 Å². The van der Waals surface area contributed by atoms with Gasteiger partial charge in [0.05, 0.1) is 25.2 Å². The molecule has 0 atom stereocenters. The minimum Gasteiger partial charge on any atom is -0.493 e. The van der Waals surface area contributed by atoms with Crippen molar-refractivity contribution in [3.05, 3.63) is 57.4 Å². The van der Waals surface area contributed by atoms with E-state index in [2.05, 4.69) is 15.9 Å².